The van der Waals surface area contributed by atoms with Crippen molar-refractivity contribution in [3.8, 4) is 11.1 Å². The molecule has 2 heterocycles. The molecule has 3 aromatic rings. The van der Waals surface area contributed by atoms with Gasteiger partial charge in [0, 0.05) is 30.2 Å². The lowest BCUT2D eigenvalue weighted by Crippen LogP contribution is -2.23. The number of fused-ring (bicyclic) bond motifs is 1. The zero-order valence-electron chi connectivity index (χ0n) is 15.6. The Kier molecular flexibility index (Phi) is 4.94. The number of hydrogen-bond acceptors (Lipinski definition) is 5. The van der Waals surface area contributed by atoms with Gasteiger partial charge in [0.1, 0.15) is 11.4 Å². The van der Waals surface area contributed by atoms with Gasteiger partial charge in [0.05, 0.1) is 17.5 Å². The molecule has 0 fully saturated rings. The van der Waals surface area contributed by atoms with E-state index in [2.05, 4.69) is 10.4 Å². The highest BCUT2D eigenvalue weighted by atomic mass is 19.1. The number of esters is 1. The molecule has 3 rings (SSSR count). The van der Waals surface area contributed by atoms with Gasteiger partial charge >= 0.3 is 5.97 Å². The Labute approximate surface area is 155 Å². The molecule has 0 bridgehead atoms. The average molecular weight is 369 g/mol. The lowest BCUT2D eigenvalue weighted by atomic mass is 10.0. The third-order valence-electron chi connectivity index (χ3n) is 4.22. The quantitative estimate of drug-likeness (QED) is 0.715. The second-order valence-electron chi connectivity index (χ2n) is 6.17. The number of carbonyl (C=O) groups excluding carboxylic acids is 1. The first-order valence-corrected chi connectivity index (χ1v) is 8.55. The topological polar surface area (TPSA) is 73.2 Å². The lowest BCUT2D eigenvalue weighted by molar-refractivity contribution is 0.0524. The third kappa shape index (κ3) is 3.40. The van der Waals surface area contributed by atoms with Crippen LogP contribution in [0.4, 0.5) is 4.39 Å². The van der Waals surface area contributed by atoms with Gasteiger partial charge in [0.25, 0.3) is 0 Å². The molecule has 0 unspecified atom stereocenters. The zero-order chi connectivity index (χ0) is 19.7. The minimum atomic E-state index is -0.738. The average Bonchev–Trinajstić information content (AvgIpc) is 2.61. The minimum Gasteiger partial charge on any atom is -0.462 e. The molecule has 2 aromatic heterocycles. The van der Waals surface area contributed by atoms with Crippen molar-refractivity contribution >= 4 is 16.9 Å². The van der Waals surface area contributed by atoms with Crippen molar-refractivity contribution in [2.45, 2.75) is 20.8 Å². The van der Waals surface area contributed by atoms with Gasteiger partial charge in [-0.2, -0.15) is 0 Å². The molecule has 0 radical (unpaired) electrons. The monoisotopic (exact) mass is 369 g/mol. The molecule has 0 saturated heterocycles. The van der Waals surface area contributed by atoms with Gasteiger partial charge in [0.15, 0.2) is 0 Å². The highest BCUT2D eigenvalue weighted by molar-refractivity contribution is 5.95. The van der Waals surface area contributed by atoms with Gasteiger partial charge in [-0.25, -0.2) is 9.18 Å². The van der Waals surface area contributed by atoms with Gasteiger partial charge in [-0.05, 0) is 50.6 Å². The van der Waals surface area contributed by atoms with Crippen LogP contribution in [-0.2, 0) is 4.74 Å². The van der Waals surface area contributed by atoms with E-state index in [9.17, 15) is 14.0 Å². The van der Waals surface area contributed by atoms with Crippen LogP contribution in [0.1, 0.15) is 28.7 Å². The number of aromatic nitrogens is 2. The van der Waals surface area contributed by atoms with E-state index in [0.717, 1.165) is 17.5 Å². The Bertz CT molecular complexity index is 1090. The smallest absolute Gasteiger partial charge is 0.343 e. The van der Waals surface area contributed by atoms with Crippen LogP contribution in [0.2, 0.25) is 0 Å². The van der Waals surface area contributed by atoms with Crippen molar-refractivity contribution < 1.29 is 13.9 Å². The van der Waals surface area contributed by atoms with Crippen LogP contribution in [0.25, 0.3) is 22.0 Å². The summed E-state index contributed by atoms with van der Waals surface area (Å²) in [6.45, 7) is 5.47. The molecule has 1 aromatic carbocycles. The summed E-state index contributed by atoms with van der Waals surface area (Å²) in [5, 5.41) is 0.0960. The molecular weight excluding hydrogens is 349 g/mol. The molecule has 0 aliphatic carbocycles. The van der Waals surface area contributed by atoms with Gasteiger partial charge in [-0.15, -0.1) is 0 Å². The van der Waals surface area contributed by atoms with Gasteiger partial charge < -0.3 is 10.2 Å². The molecule has 0 spiro atoms. The number of carbonyl (C=O) groups is 1. The first-order valence-electron chi connectivity index (χ1n) is 8.55. The van der Waals surface area contributed by atoms with E-state index in [-0.39, 0.29) is 17.6 Å². The molecule has 1 N–H and O–H groups in total. The maximum atomic E-state index is 14.9. The summed E-state index contributed by atoms with van der Waals surface area (Å²) in [5.74, 6) is -1.29. The first-order chi connectivity index (χ1) is 12.8. The van der Waals surface area contributed by atoms with Crippen LogP contribution in [-0.4, -0.2) is 29.3 Å². The fraction of sp³-hybridized carbons (Fsp3) is 0.250. The number of nitrogens with zero attached hydrogens (tertiary/aromatic N) is 2. The summed E-state index contributed by atoms with van der Waals surface area (Å²) in [7, 11) is 1.64. The predicted octanol–water partition coefficient (Wildman–Crippen LogP) is 3.17. The molecular formula is C20H20FN3O3. The van der Waals surface area contributed by atoms with E-state index in [1.807, 2.05) is 13.8 Å². The fourth-order valence-electron chi connectivity index (χ4n) is 3.10. The third-order valence-corrected chi connectivity index (χ3v) is 4.22. The van der Waals surface area contributed by atoms with Crippen LogP contribution in [0.5, 0.6) is 0 Å². The van der Waals surface area contributed by atoms with E-state index in [0.29, 0.717) is 16.6 Å². The molecule has 7 heteroatoms. The number of rotatable bonds is 4. The van der Waals surface area contributed by atoms with Gasteiger partial charge in [0.2, 0.25) is 5.43 Å². The van der Waals surface area contributed by atoms with E-state index < -0.39 is 17.2 Å². The lowest BCUT2D eigenvalue weighted by Gasteiger charge is -2.14. The van der Waals surface area contributed by atoms with Crippen molar-refractivity contribution in [2.75, 3.05) is 19.1 Å². The molecule has 140 valence electrons. The SMILES string of the molecule is CCOC(=O)c1cn(NC)c2cc(-c3cc(C)nc(C)c3)c(F)cc2c1=O. The molecule has 0 amide bonds. The highest BCUT2D eigenvalue weighted by Crippen LogP contribution is 2.27. The molecule has 0 atom stereocenters. The summed E-state index contributed by atoms with van der Waals surface area (Å²) < 4.78 is 21.3. The first kappa shape index (κ1) is 18.6. The summed E-state index contributed by atoms with van der Waals surface area (Å²) >= 11 is 0. The van der Waals surface area contributed by atoms with Crippen molar-refractivity contribution in [1.29, 1.82) is 0 Å². The number of nitrogens with one attached hydrogen (secondary N) is 1. The van der Waals surface area contributed by atoms with E-state index >= 15 is 0 Å². The second-order valence-corrected chi connectivity index (χ2v) is 6.17. The Morgan fingerprint density at radius 3 is 2.48 bits per heavy atom. The number of pyridine rings is 2. The van der Waals surface area contributed by atoms with E-state index in [4.69, 9.17) is 4.74 Å². The minimum absolute atomic E-state index is 0.0960. The standard InChI is InChI=1S/C20H20FN3O3/c1-5-27-20(26)16-10-24(22-4)18-9-14(17(21)8-15(18)19(16)25)13-6-11(2)23-12(3)7-13/h6-10,22H,5H2,1-4H3. The van der Waals surface area contributed by atoms with Crippen LogP contribution in [0.3, 0.4) is 0 Å². The van der Waals surface area contributed by atoms with Crippen LogP contribution in [0.15, 0.2) is 35.3 Å². The molecule has 0 aliphatic heterocycles. The number of aryl methyl sites for hydroxylation is 2. The number of benzene rings is 1. The van der Waals surface area contributed by atoms with Crippen LogP contribution in [0, 0.1) is 19.7 Å². The van der Waals surface area contributed by atoms with Crippen LogP contribution < -0.4 is 10.9 Å². The molecule has 0 saturated carbocycles. The Hall–Kier alpha value is -3.22. The van der Waals surface area contributed by atoms with Crippen LogP contribution >= 0.6 is 0 Å². The van der Waals surface area contributed by atoms with Gasteiger partial charge in [-0.1, -0.05) is 0 Å². The zero-order valence-corrected chi connectivity index (χ0v) is 15.6. The van der Waals surface area contributed by atoms with E-state index in [1.54, 1.807) is 32.2 Å². The van der Waals surface area contributed by atoms with Crippen molar-refractivity contribution in [3.05, 3.63) is 63.5 Å². The van der Waals surface area contributed by atoms with Crippen molar-refractivity contribution in [1.82, 2.24) is 9.66 Å². The summed E-state index contributed by atoms with van der Waals surface area (Å²) in [4.78, 5) is 29.1. The molecule has 27 heavy (non-hydrogen) atoms. The summed E-state index contributed by atoms with van der Waals surface area (Å²) in [6, 6.07) is 6.32. The second kappa shape index (κ2) is 7.19. The normalized spacial score (nSPS) is 10.9. The maximum Gasteiger partial charge on any atom is 0.343 e. The predicted molar refractivity (Wildman–Crippen MR) is 102 cm³/mol. The Balaban J connectivity index is 2.30. The Morgan fingerprint density at radius 1 is 1.22 bits per heavy atom. The largest absolute Gasteiger partial charge is 0.462 e. The fourth-order valence-corrected chi connectivity index (χ4v) is 3.10. The Morgan fingerprint density at radius 2 is 1.89 bits per heavy atom. The number of hydrogen-bond donors (Lipinski definition) is 1. The van der Waals surface area contributed by atoms with E-state index in [1.165, 1.54) is 10.9 Å². The summed E-state index contributed by atoms with van der Waals surface area (Å²) in [6.07, 6.45) is 1.37. The highest BCUT2D eigenvalue weighted by Gasteiger charge is 2.19. The number of halogens is 1. The molecule has 0 aliphatic rings. The molecule has 6 nitrogen and oxygen atoms in total. The van der Waals surface area contributed by atoms with Gasteiger partial charge in [-0.3, -0.25) is 14.5 Å². The number of ether oxygens (including phenoxy) is 1. The maximum absolute atomic E-state index is 14.9. The van der Waals surface area contributed by atoms with Crippen molar-refractivity contribution in [3.63, 3.8) is 0 Å². The van der Waals surface area contributed by atoms with Crippen molar-refractivity contribution in [2.24, 2.45) is 0 Å². The summed E-state index contributed by atoms with van der Waals surface area (Å²) in [5.41, 5.74) is 5.19.